The molecule has 0 radical (unpaired) electrons. The minimum atomic E-state index is -0.268. The molecule has 15 heavy (non-hydrogen) atoms. The lowest BCUT2D eigenvalue weighted by Gasteiger charge is -2.24. The standard InChI is InChI=1S/C6H12O3.C3H8N2S/c7-4-6-3-5(8)1-2-9-6;1-2-5-3(4)6/h5-8H,1-4H2;2H2,1H3,(H3,4,5,6). The highest BCUT2D eigenvalue weighted by Crippen LogP contribution is 2.12. The van der Waals surface area contributed by atoms with E-state index in [0.29, 0.717) is 24.6 Å². The van der Waals surface area contributed by atoms with Crippen LogP contribution in [0.1, 0.15) is 19.8 Å². The molecule has 0 saturated carbocycles. The normalized spacial score (nSPS) is 25.0. The summed E-state index contributed by atoms with van der Waals surface area (Å²) in [4.78, 5) is 0. The van der Waals surface area contributed by atoms with Gasteiger partial charge in [-0.2, -0.15) is 0 Å². The molecule has 1 saturated heterocycles. The van der Waals surface area contributed by atoms with Crippen LogP contribution >= 0.6 is 12.2 Å². The van der Waals surface area contributed by atoms with Gasteiger partial charge in [-0.15, -0.1) is 0 Å². The molecule has 0 aromatic carbocycles. The molecule has 0 aromatic heterocycles. The molecule has 5 N–H and O–H groups in total. The summed E-state index contributed by atoms with van der Waals surface area (Å²) >= 11 is 4.46. The van der Waals surface area contributed by atoms with Gasteiger partial charge in [0, 0.05) is 19.6 Å². The molecule has 5 nitrogen and oxygen atoms in total. The van der Waals surface area contributed by atoms with Gasteiger partial charge >= 0.3 is 0 Å². The molecular formula is C9H20N2O3S. The Morgan fingerprint density at radius 3 is 2.60 bits per heavy atom. The average Bonchev–Trinajstić information content (AvgIpc) is 2.18. The summed E-state index contributed by atoms with van der Waals surface area (Å²) in [5.74, 6) is 0. The number of ether oxygens (including phenoxy) is 1. The number of rotatable bonds is 2. The largest absolute Gasteiger partial charge is 0.394 e. The van der Waals surface area contributed by atoms with Gasteiger partial charge in [-0.1, -0.05) is 0 Å². The van der Waals surface area contributed by atoms with Crippen LogP contribution in [0.3, 0.4) is 0 Å². The second kappa shape index (κ2) is 8.84. The van der Waals surface area contributed by atoms with E-state index in [0.717, 1.165) is 6.54 Å². The van der Waals surface area contributed by atoms with Crippen LogP contribution in [0.2, 0.25) is 0 Å². The zero-order chi connectivity index (χ0) is 11.7. The van der Waals surface area contributed by atoms with E-state index in [1.807, 2.05) is 6.92 Å². The van der Waals surface area contributed by atoms with Crippen LogP contribution in [-0.2, 0) is 4.74 Å². The first-order valence-electron chi connectivity index (χ1n) is 5.04. The van der Waals surface area contributed by atoms with Crippen molar-refractivity contribution in [1.82, 2.24) is 5.32 Å². The van der Waals surface area contributed by atoms with Gasteiger partial charge in [0.2, 0.25) is 0 Å². The molecule has 1 heterocycles. The lowest BCUT2D eigenvalue weighted by atomic mass is 10.1. The third kappa shape index (κ3) is 8.56. The number of hydrogen-bond donors (Lipinski definition) is 4. The monoisotopic (exact) mass is 236 g/mol. The van der Waals surface area contributed by atoms with Gasteiger partial charge < -0.3 is 26.0 Å². The number of nitrogens with one attached hydrogen (secondary N) is 1. The van der Waals surface area contributed by atoms with E-state index in [-0.39, 0.29) is 18.8 Å². The summed E-state index contributed by atoms with van der Waals surface area (Å²) < 4.78 is 5.09. The molecular weight excluding hydrogens is 216 g/mol. The Kier molecular flexibility index (Phi) is 8.59. The quantitative estimate of drug-likeness (QED) is 0.477. The van der Waals surface area contributed by atoms with E-state index in [2.05, 4.69) is 17.5 Å². The van der Waals surface area contributed by atoms with E-state index >= 15 is 0 Å². The minimum absolute atomic E-state index is 0.0249. The highest BCUT2D eigenvalue weighted by molar-refractivity contribution is 7.80. The average molecular weight is 236 g/mol. The highest BCUT2D eigenvalue weighted by atomic mass is 32.1. The molecule has 2 atom stereocenters. The molecule has 0 amide bonds. The first-order chi connectivity index (χ1) is 7.10. The van der Waals surface area contributed by atoms with Crippen molar-refractivity contribution in [3.05, 3.63) is 0 Å². The van der Waals surface area contributed by atoms with E-state index < -0.39 is 0 Å². The van der Waals surface area contributed by atoms with Crippen molar-refractivity contribution in [3.8, 4) is 0 Å². The summed E-state index contributed by atoms with van der Waals surface area (Å²) in [6, 6.07) is 0. The van der Waals surface area contributed by atoms with Gasteiger partial charge in [0.05, 0.1) is 18.8 Å². The van der Waals surface area contributed by atoms with Crippen molar-refractivity contribution in [2.75, 3.05) is 19.8 Å². The van der Waals surface area contributed by atoms with Crippen LogP contribution in [-0.4, -0.2) is 47.3 Å². The molecule has 1 aliphatic heterocycles. The molecule has 90 valence electrons. The number of thiocarbonyl (C=S) groups is 1. The Hall–Kier alpha value is -0.430. The molecule has 6 heteroatoms. The van der Waals surface area contributed by atoms with Gasteiger partial charge in [0.25, 0.3) is 0 Å². The fourth-order valence-corrected chi connectivity index (χ4v) is 1.31. The molecule has 1 fully saturated rings. The lowest BCUT2D eigenvalue weighted by molar-refractivity contribution is -0.0642. The van der Waals surface area contributed by atoms with Crippen LogP contribution < -0.4 is 11.1 Å². The summed E-state index contributed by atoms with van der Waals surface area (Å²) in [6.07, 6.45) is 0.886. The van der Waals surface area contributed by atoms with Crippen LogP contribution in [0.15, 0.2) is 0 Å². The second-order valence-corrected chi connectivity index (χ2v) is 3.69. The first-order valence-corrected chi connectivity index (χ1v) is 5.44. The van der Waals surface area contributed by atoms with Gasteiger partial charge in [0.15, 0.2) is 5.11 Å². The Bertz CT molecular complexity index is 181. The van der Waals surface area contributed by atoms with Crippen molar-refractivity contribution in [2.45, 2.75) is 32.0 Å². The van der Waals surface area contributed by atoms with Gasteiger partial charge in [0.1, 0.15) is 0 Å². The Morgan fingerprint density at radius 1 is 1.67 bits per heavy atom. The maximum Gasteiger partial charge on any atom is 0.163 e. The first kappa shape index (κ1) is 14.6. The second-order valence-electron chi connectivity index (χ2n) is 3.25. The number of hydrogen-bond acceptors (Lipinski definition) is 4. The minimum Gasteiger partial charge on any atom is -0.394 e. The van der Waals surface area contributed by atoms with E-state index in [9.17, 15) is 0 Å². The predicted octanol–water partition coefficient (Wildman–Crippen LogP) is -0.642. The van der Waals surface area contributed by atoms with Crippen molar-refractivity contribution < 1.29 is 14.9 Å². The number of aliphatic hydroxyl groups is 2. The molecule has 0 spiro atoms. The SMILES string of the molecule is CCNC(N)=S.OCC1CC(O)CCO1. The molecule has 1 rings (SSSR count). The highest BCUT2D eigenvalue weighted by Gasteiger charge is 2.19. The summed E-state index contributed by atoms with van der Waals surface area (Å²) in [5, 5.41) is 20.7. The Morgan fingerprint density at radius 2 is 2.33 bits per heavy atom. The number of nitrogens with two attached hydrogens (primary N) is 1. The van der Waals surface area contributed by atoms with E-state index in [4.69, 9.17) is 20.7 Å². The van der Waals surface area contributed by atoms with Crippen LogP contribution in [0.4, 0.5) is 0 Å². The topological polar surface area (TPSA) is 87.7 Å². The summed E-state index contributed by atoms with van der Waals surface area (Å²) in [7, 11) is 0. The van der Waals surface area contributed by atoms with Crippen LogP contribution in [0, 0.1) is 0 Å². The third-order valence-electron chi connectivity index (χ3n) is 1.89. The molecule has 1 aliphatic rings. The van der Waals surface area contributed by atoms with E-state index in [1.54, 1.807) is 0 Å². The zero-order valence-corrected chi connectivity index (χ0v) is 9.80. The summed E-state index contributed by atoms with van der Waals surface area (Å²) in [6.45, 7) is 3.36. The van der Waals surface area contributed by atoms with Crippen molar-refractivity contribution in [3.63, 3.8) is 0 Å². The van der Waals surface area contributed by atoms with Crippen molar-refractivity contribution in [2.24, 2.45) is 5.73 Å². The number of aliphatic hydroxyl groups excluding tert-OH is 2. The maximum atomic E-state index is 9.02. The van der Waals surface area contributed by atoms with Crippen molar-refractivity contribution in [1.29, 1.82) is 0 Å². The van der Waals surface area contributed by atoms with Gasteiger partial charge in [-0.05, 0) is 25.6 Å². The molecule has 0 aliphatic carbocycles. The predicted molar refractivity (Wildman–Crippen MR) is 62.5 cm³/mol. The molecule has 0 bridgehead atoms. The van der Waals surface area contributed by atoms with E-state index in [1.165, 1.54) is 0 Å². The van der Waals surface area contributed by atoms with Gasteiger partial charge in [-0.3, -0.25) is 0 Å². The third-order valence-corrected chi connectivity index (χ3v) is 2.04. The van der Waals surface area contributed by atoms with Crippen LogP contribution in [0.5, 0.6) is 0 Å². The maximum absolute atomic E-state index is 9.02. The smallest absolute Gasteiger partial charge is 0.163 e. The zero-order valence-electron chi connectivity index (χ0n) is 8.98. The molecule has 2 unspecified atom stereocenters. The van der Waals surface area contributed by atoms with Crippen LogP contribution in [0.25, 0.3) is 0 Å². The fourth-order valence-electron chi connectivity index (χ4n) is 1.16. The Labute approximate surface area is 95.6 Å². The Balaban J connectivity index is 0.000000288. The lowest BCUT2D eigenvalue weighted by Crippen LogP contribution is -2.31. The fraction of sp³-hybridized carbons (Fsp3) is 0.889. The van der Waals surface area contributed by atoms with Crippen molar-refractivity contribution >= 4 is 17.3 Å². The summed E-state index contributed by atoms with van der Waals surface area (Å²) in [5.41, 5.74) is 5.02. The molecule has 0 aromatic rings. The van der Waals surface area contributed by atoms with Gasteiger partial charge in [-0.25, -0.2) is 0 Å².